The Labute approximate surface area is 117 Å². The van der Waals surface area contributed by atoms with Gasteiger partial charge in [-0.05, 0) is 62.0 Å². The zero-order valence-electron chi connectivity index (χ0n) is 11.4. The smallest absolute Gasteiger partial charge is 0.220 e. The summed E-state index contributed by atoms with van der Waals surface area (Å²) in [4.78, 5) is 11.6. The summed E-state index contributed by atoms with van der Waals surface area (Å²) in [6, 6.07) is 3.37. The van der Waals surface area contributed by atoms with Gasteiger partial charge in [-0.3, -0.25) is 4.79 Å². The van der Waals surface area contributed by atoms with Crippen LogP contribution in [0.5, 0.6) is 0 Å². The fraction of sp³-hybridized carbons (Fsp3) is 0.533. The summed E-state index contributed by atoms with van der Waals surface area (Å²) in [6.45, 7) is 2.36. The molecule has 1 amide bonds. The lowest BCUT2D eigenvalue weighted by atomic mass is 10.0. The number of hydrogen-bond acceptors (Lipinski definition) is 2. The average Bonchev–Trinajstić information content (AvgIpc) is 2.93. The normalized spacial score (nSPS) is 18.2. The first kappa shape index (κ1) is 14.9. The topological polar surface area (TPSA) is 41.1 Å². The highest BCUT2D eigenvalue weighted by atomic mass is 19.1. The number of hydrogen-bond donors (Lipinski definition) is 2. The van der Waals surface area contributed by atoms with Crippen LogP contribution in [0.1, 0.15) is 24.8 Å². The molecule has 1 fully saturated rings. The molecule has 1 unspecified atom stereocenters. The number of carbonyl (C=O) groups excluding carboxylic acids is 1. The third-order valence-electron chi connectivity index (χ3n) is 3.67. The van der Waals surface area contributed by atoms with Gasteiger partial charge in [0.2, 0.25) is 5.91 Å². The molecule has 1 atom stereocenters. The number of halogens is 2. The third-order valence-corrected chi connectivity index (χ3v) is 3.67. The number of rotatable bonds is 6. The molecule has 0 aliphatic carbocycles. The van der Waals surface area contributed by atoms with Gasteiger partial charge in [0.1, 0.15) is 11.6 Å². The van der Waals surface area contributed by atoms with Crippen LogP contribution in [0, 0.1) is 17.6 Å². The molecule has 5 heteroatoms. The standard InChI is InChI=1S/C15H20F2N2O/c16-13-2-3-14(17)12(9-13)6-8-19-15(20)4-1-11-5-7-18-10-11/h2-3,9,11,18H,1,4-8,10H2,(H,19,20). The van der Waals surface area contributed by atoms with Crippen LogP contribution in [0.3, 0.4) is 0 Å². The van der Waals surface area contributed by atoms with Crippen molar-refractivity contribution in [3.05, 3.63) is 35.4 Å². The molecule has 2 rings (SSSR count). The quantitative estimate of drug-likeness (QED) is 0.838. The fourth-order valence-corrected chi connectivity index (χ4v) is 2.46. The molecular formula is C15H20F2N2O. The maximum atomic E-state index is 13.4. The molecule has 0 aromatic heterocycles. The second-order valence-corrected chi connectivity index (χ2v) is 5.23. The molecule has 1 aliphatic heterocycles. The fourth-order valence-electron chi connectivity index (χ4n) is 2.46. The zero-order chi connectivity index (χ0) is 14.4. The van der Waals surface area contributed by atoms with Gasteiger partial charge >= 0.3 is 0 Å². The predicted molar refractivity (Wildman–Crippen MR) is 73.3 cm³/mol. The minimum absolute atomic E-state index is 0.0197. The summed E-state index contributed by atoms with van der Waals surface area (Å²) < 4.78 is 26.3. The lowest BCUT2D eigenvalue weighted by Gasteiger charge is -2.09. The van der Waals surface area contributed by atoms with Gasteiger partial charge < -0.3 is 10.6 Å². The van der Waals surface area contributed by atoms with E-state index in [1.165, 1.54) is 6.07 Å². The van der Waals surface area contributed by atoms with Crippen LogP contribution in [0.4, 0.5) is 8.78 Å². The molecule has 20 heavy (non-hydrogen) atoms. The molecule has 2 N–H and O–H groups in total. The van der Waals surface area contributed by atoms with Gasteiger partial charge in [0.25, 0.3) is 0 Å². The Bertz CT molecular complexity index is 459. The van der Waals surface area contributed by atoms with Crippen molar-refractivity contribution in [3.8, 4) is 0 Å². The Morgan fingerprint density at radius 2 is 2.25 bits per heavy atom. The molecule has 1 aromatic rings. The van der Waals surface area contributed by atoms with E-state index in [2.05, 4.69) is 10.6 Å². The summed E-state index contributed by atoms with van der Waals surface area (Å²) in [5, 5.41) is 6.02. The van der Waals surface area contributed by atoms with Crippen LogP contribution in [0.2, 0.25) is 0 Å². The molecule has 0 saturated carbocycles. The first-order valence-electron chi connectivity index (χ1n) is 7.06. The first-order chi connectivity index (χ1) is 9.65. The number of nitrogens with one attached hydrogen (secondary N) is 2. The van der Waals surface area contributed by atoms with Crippen LogP contribution >= 0.6 is 0 Å². The minimum atomic E-state index is -0.457. The average molecular weight is 282 g/mol. The Balaban J connectivity index is 1.66. The predicted octanol–water partition coefficient (Wildman–Crippen LogP) is 2.01. The molecule has 1 saturated heterocycles. The summed E-state index contributed by atoms with van der Waals surface area (Å²) in [6.07, 6.45) is 2.81. The van der Waals surface area contributed by atoms with Crippen molar-refractivity contribution in [1.29, 1.82) is 0 Å². The van der Waals surface area contributed by atoms with Crippen molar-refractivity contribution < 1.29 is 13.6 Å². The highest BCUT2D eigenvalue weighted by Gasteiger charge is 2.15. The van der Waals surface area contributed by atoms with Crippen molar-refractivity contribution in [2.24, 2.45) is 5.92 Å². The van der Waals surface area contributed by atoms with E-state index in [0.29, 0.717) is 30.9 Å². The van der Waals surface area contributed by atoms with Gasteiger partial charge in [0.05, 0.1) is 0 Å². The SMILES string of the molecule is O=C(CCC1CCNC1)NCCc1cc(F)ccc1F. The maximum Gasteiger partial charge on any atom is 0.220 e. The largest absolute Gasteiger partial charge is 0.356 e. The Hall–Kier alpha value is -1.49. The molecule has 3 nitrogen and oxygen atoms in total. The summed E-state index contributed by atoms with van der Waals surface area (Å²) in [7, 11) is 0. The summed E-state index contributed by atoms with van der Waals surface area (Å²) in [5.74, 6) is -0.325. The summed E-state index contributed by atoms with van der Waals surface area (Å²) in [5.41, 5.74) is 0.297. The van der Waals surface area contributed by atoms with Crippen LogP contribution in [-0.2, 0) is 11.2 Å². The first-order valence-corrected chi connectivity index (χ1v) is 7.06. The van der Waals surface area contributed by atoms with Crippen LogP contribution in [0.25, 0.3) is 0 Å². The van der Waals surface area contributed by atoms with Gasteiger partial charge in [-0.1, -0.05) is 0 Å². The molecule has 0 spiro atoms. The van der Waals surface area contributed by atoms with Crippen molar-refractivity contribution >= 4 is 5.91 Å². The van der Waals surface area contributed by atoms with Gasteiger partial charge in [0, 0.05) is 13.0 Å². The van der Waals surface area contributed by atoms with Gasteiger partial charge in [-0.15, -0.1) is 0 Å². The van der Waals surface area contributed by atoms with E-state index < -0.39 is 11.6 Å². The number of amides is 1. The minimum Gasteiger partial charge on any atom is -0.356 e. The molecule has 0 radical (unpaired) electrons. The Kier molecular flexibility index (Phi) is 5.47. The molecule has 1 aliphatic rings. The molecule has 0 bridgehead atoms. The van der Waals surface area contributed by atoms with Gasteiger partial charge in [0.15, 0.2) is 0 Å². The van der Waals surface area contributed by atoms with Crippen molar-refractivity contribution in [3.63, 3.8) is 0 Å². The van der Waals surface area contributed by atoms with Crippen LogP contribution in [0.15, 0.2) is 18.2 Å². The monoisotopic (exact) mass is 282 g/mol. The molecular weight excluding hydrogens is 262 g/mol. The Morgan fingerprint density at radius 1 is 1.40 bits per heavy atom. The van der Waals surface area contributed by atoms with E-state index in [-0.39, 0.29) is 5.91 Å². The van der Waals surface area contributed by atoms with Gasteiger partial charge in [-0.2, -0.15) is 0 Å². The highest BCUT2D eigenvalue weighted by Crippen LogP contribution is 2.14. The Morgan fingerprint density at radius 3 is 3.00 bits per heavy atom. The lowest BCUT2D eigenvalue weighted by molar-refractivity contribution is -0.121. The maximum absolute atomic E-state index is 13.4. The molecule has 1 aromatic carbocycles. The van der Waals surface area contributed by atoms with E-state index in [4.69, 9.17) is 0 Å². The van der Waals surface area contributed by atoms with Gasteiger partial charge in [-0.25, -0.2) is 8.78 Å². The van der Waals surface area contributed by atoms with Crippen LogP contribution in [-0.4, -0.2) is 25.5 Å². The van der Waals surface area contributed by atoms with Crippen LogP contribution < -0.4 is 10.6 Å². The highest BCUT2D eigenvalue weighted by molar-refractivity contribution is 5.75. The molecule has 1 heterocycles. The number of benzene rings is 1. The van der Waals surface area contributed by atoms with E-state index in [9.17, 15) is 13.6 Å². The van der Waals surface area contributed by atoms with Crippen molar-refractivity contribution in [1.82, 2.24) is 10.6 Å². The van der Waals surface area contributed by atoms with Crippen molar-refractivity contribution in [2.75, 3.05) is 19.6 Å². The van der Waals surface area contributed by atoms with E-state index in [1.54, 1.807) is 0 Å². The van der Waals surface area contributed by atoms with E-state index >= 15 is 0 Å². The third kappa shape index (κ3) is 4.56. The second kappa shape index (κ2) is 7.33. The lowest BCUT2D eigenvalue weighted by Crippen LogP contribution is -2.26. The number of carbonyl (C=O) groups is 1. The van der Waals surface area contributed by atoms with Crippen molar-refractivity contribution in [2.45, 2.75) is 25.7 Å². The van der Waals surface area contributed by atoms with E-state index in [0.717, 1.165) is 38.1 Å². The van der Waals surface area contributed by atoms with E-state index in [1.807, 2.05) is 0 Å². The zero-order valence-corrected chi connectivity index (χ0v) is 11.4. The molecule has 110 valence electrons. The summed E-state index contributed by atoms with van der Waals surface area (Å²) >= 11 is 0. The second-order valence-electron chi connectivity index (χ2n) is 5.23.